The Balaban J connectivity index is 2.79. The summed E-state index contributed by atoms with van der Waals surface area (Å²) in [6.45, 7) is 4.91. The highest BCUT2D eigenvalue weighted by Crippen LogP contribution is 2.14. The maximum atomic E-state index is 11.6. The highest BCUT2D eigenvalue weighted by molar-refractivity contribution is 5.86. The SMILES string of the molecule is CC(C)(C)OC(=O)N(C(=O)O)N1C=CC=CO1. The molecule has 0 unspecified atom stereocenters. The number of allylic oxidation sites excluding steroid dienone is 2. The molecule has 0 aliphatic carbocycles. The Bertz CT molecular complexity index is 369. The molecule has 17 heavy (non-hydrogen) atoms. The minimum absolute atomic E-state index is 0.325. The molecular weight excluding hydrogens is 228 g/mol. The van der Waals surface area contributed by atoms with Crippen LogP contribution in [0.3, 0.4) is 0 Å². The average molecular weight is 242 g/mol. The fraction of sp³-hybridized carbons (Fsp3) is 0.400. The predicted octanol–water partition coefficient (Wildman–Crippen LogP) is 2.09. The van der Waals surface area contributed by atoms with Crippen molar-refractivity contribution < 1.29 is 24.3 Å². The number of carbonyl (C=O) groups excluding carboxylic acids is 1. The lowest BCUT2D eigenvalue weighted by Crippen LogP contribution is -2.48. The summed E-state index contributed by atoms with van der Waals surface area (Å²) < 4.78 is 4.94. The monoisotopic (exact) mass is 242 g/mol. The second kappa shape index (κ2) is 4.77. The lowest BCUT2D eigenvalue weighted by molar-refractivity contribution is -0.183. The lowest BCUT2D eigenvalue weighted by Gasteiger charge is -2.30. The van der Waals surface area contributed by atoms with Gasteiger partial charge in [0.1, 0.15) is 11.9 Å². The number of ether oxygens (including phenoxy) is 1. The molecule has 0 atom stereocenters. The number of amides is 2. The molecule has 0 fully saturated rings. The number of hydrazine groups is 1. The molecular formula is C10H14N2O5. The van der Waals surface area contributed by atoms with Gasteiger partial charge in [0.2, 0.25) is 0 Å². The van der Waals surface area contributed by atoms with E-state index in [9.17, 15) is 9.59 Å². The molecule has 0 spiro atoms. The average Bonchev–Trinajstić information content (AvgIpc) is 2.15. The Labute approximate surface area is 98.4 Å². The van der Waals surface area contributed by atoms with Gasteiger partial charge in [-0.2, -0.15) is 0 Å². The van der Waals surface area contributed by atoms with Crippen molar-refractivity contribution >= 4 is 12.2 Å². The van der Waals surface area contributed by atoms with E-state index in [1.165, 1.54) is 18.5 Å². The summed E-state index contributed by atoms with van der Waals surface area (Å²) in [6, 6.07) is 0. The number of imide groups is 1. The van der Waals surface area contributed by atoms with E-state index in [4.69, 9.17) is 14.7 Å². The lowest BCUT2D eigenvalue weighted by atomic mass is 10.2. The van der Waals surface area contributed by atoms with Crippen molar-refractivity contribution in [2.24, 2.45) is 0 Å². The third kappa shape index (κ3) is 3.71. The van der Waals surface area contributed by atoms with Crippen molar-refractivity contribution in [3.05, 3.63) is 24.6 Å². The normalized spacial score (nSPS) is 14.2. The molecule has 7 heteroatoms. The third-order valence-electron chi connectivity index (χ3n) is 1.52. The molecule has 2 amide bonds. The Hall–Kier alpha value is -2.18. The first kappa shape index (κ1) is 12.9. The number of rotatable bonds is 1. The first-order valence-electron chi connectivity index (χ1n) is 4.86. The van der Waals surface area contributed by atoms with Crippen LogP contribution in [0.5, 0.6) is 0 Å². The molecule has 1 aliphatic rings. The van der Waals surface area contributed by atoms with Crippen LogP contribution >= 0.6 is 0 Å². The van der Waals surface area contributed by atoms with Crippen molar-refractivity contribution in [2.45, 2.75) is 26.4 Å². The summed E-state index contributed by atoms with van der Waals surface area (Å²) in [5.74, 6) is 0. The van der Waals surface area contributed by atoms with Crippen molar-refractivity contribution in [3.63, 3.8) is 0 Å². The highest BCUT2D eigenvalue weighted by atomic mass is 16.7. The van der Waals surface area contributed by atoms with E-state index >= 15 is 0 Å². The second-order valence-electron chi connectivity index (χ2n) is 4.15. The van der Waals surface area contributed by atoms with Crippen LogP contribution in [-0.2, 0) is 9.57 Å². The number of carboxylic acid groups (broad SMARTS) is 1. The zero-order valence-electron chi connectivity index (χ0n) is 9.78. The fourth-order valence-electron chi connectivity index (χ4n) is 0.963. The van der Waals surface area contributed by atoms with E-state index in [-0.39, 0.29) is 0 Å². The van der Waals surface area contributed by atoms with Crippen molar-refractivity contribution in [1.82, 2.24) is 10.2 Å². The van der Waals surface area contributed by atoms with Crippen molar-refractivity contribution in [2.75, 3.05) is 0 Å². The van der Waals surface area contributed by atoms with Gasteiger partial charge < -0.3 is 14.7 Å². The zero-order chi connectivity index (χ0) is 13.1. The third-order valence-corrected chi connectivity index (χ3v) is 1.52. The van der Waals surface area contributed by atoms with Crippen LogP contribution in [0.1, 0.15) is 20.8 Å². The minimum Gasteiger partial charge on any atom is -0.463 e. The van der Waals surface area contributed by atoms with Gasteiger partial charge in [-0.05, 0) is 32.9 Å². The zero-order valence-corrected chi connectivity index (χ0v) is 9.78. The van der Waals surface area contributed by atoms with Gasteiger partial charge in [-0.1, -0.05) is 5.01 Å². The summed E-state index contributed by atoms with van der Waals surface area (Å²) in [6.07, 6.45) is 3.04. The number of nitrogens with zero attached hydrogens (tertiary/aromatic N) is 2. The van der Waals surface area contributed by atoms with Crippen LogP contribution < -0.4 is 0 Å². The molecule has 0 aromatic rings. The van der Waals surface area contributed by atoms with Crippen LogP contribution in [0.2, 0.25) is 0 Å². The van der Waals surface area contributed by atoms with E-state index in [1.807, 2.05) is 0 Å². The fourth-order valence-corrected chi connectivity index (χ4v) is 0.963. The first-order chi connectivity index (χ1) is 7.81. The Morgan fingerprint density at radius 3 is 2.41 bits per heavy atom. The summed E-state index contributed by atoms with van der Waals surface area (Å²) in [4.78, 5) is 27.5. The topological polar surface area (TPSA) is 79.3 Å². The van der Waals surface area contributed by atoms with Crippen LogP contribution in [-0.4, -0.2) is 33.1 Å². The van der Waals surface area contributed by atoms with Gasteiger partial charge in [-0.25, -0.2) is 9.59 Å². The van der Waals surface area contributed by atoms with Crippen LogP contribution in [0.25, 0.3) is 0 Å². The second-order valence-corrected chi connectivity index (χ2v) is 4.15. The smallest absolute Gasteiger partial charge is 0.442 e. The molecule has 94 valence electrons. The van der Waals surface area contributed by atoms with Gasteiger partial charge in [0, 0.05) is 0 Å². The highest BCUT2D eigenvalue weighted by Gasteiger charge is 2.32. The molecule has 1 heterocycles. The maximum Gasteiger partial charge on any atom is 0.442 e. The Morgan fingerprint density at radius 1 is 1.35 bits per heavy atom. The van der Waals surface area contributed by atoms with E-state index < -0.39 is 17.8 Å². The van der Waals surface area contributed by atoms with Crippen LogP contribution in [0.4, 0.5) is 9.59 Å². The summed E-state index contributed by atoms with van der Waals surface area (Å²) in [7, 11) is 0. The van der Waals surface area contributed by atoms with Crippen molar-refractivity contribution in [1.29, 1.82) is 0 Å². The number of carbonyl (C=O) groups is 2. The molecule has 0 radical (unpaired) electrons. The van der Waals surface area contributed by atoms with Crippen LogP contribution in [0, 0.1) is 0 Å². The Morgan fingerprint density at radius 2 is 2.00 bits per heavy atom. The quantitative estimate of drug-likeness (QED) is 0.758. The summed E-state index contributed by atoms with van der Waals surface area (Å²) in [5, 5.41) is 10.0. The minimum atomic E-state index is -1.50. The molecule has 1 N–H and O–H groups in total. The Kier molecular flexibility index (Phi) is 3.62. The number of hydrogen-bond donors (Lipinski definition) is 1. The van der Waals surface area contributed by atoms with E-state index in [0.29, 0.717) is 5.01 Å². The van der Waals surface area contributed by atoms with Gasteiger partial charge in [0.25, 0.3) is 0 Å². The van der Waals surface area contributed by atoms with Gasteiger partial charge in [0.05, 0.1) is 6.20 Å². The summed E-state index contributed by atoms with van der Waals surface area (Å²) >= 11 is 0. The number of hydroxylamine groups is 1. The molecule has 0 saturated heterocycles. The van der Waals surface area contributed by atoms with E-state index in [1.54, 1.807) is 26.8 Å². The first-order valence-corrected chi connectivity index (χ1v) is 4.86. The van der Waals surface area contributed by atoms with Crippen LogP contribution in [0.15, 0.2) is 24.6 Å². The van der Waals surface area contributed by atoms with Gasteiger partial charge in [-0.15, -0.1) is 5.17 Å². The summed E-state index contributed by atoms with van der Waals surface area (Å²) in [5.41, 5.74) is -0.792. The van der Waals surface area contributed by atoms with Crippen molar-refractivity contribution in [3.8, 4) is 0 Å². The van der Waals surface area contributed by atoms with Gasteiger partial charge >= 0.3 is 12.2 Å². The van der Waals surface area contributed by atoms with E-state index in [0.717, 1.165) is 5.17 Å². The molecule has 0 bridgehead atoms. The molecule has 0 saturated carbocycles. The molecule has 0 aromatic heterocycles. The standard InChI is InChI=1S/C10H14N2O5/c1-10(2,3)17-9(15)12(8(13)14)11-6-4-5-7-16-11/h4-7H,1-3H3,(H,13,14). The predicted molar refractivity (Wildman–Crippen MR) is 57.3 cm³/mol. The van der Waals surface area contributed by atoms with E-state index in [2.05, 4.69) is 0 Å². The molecule has 7 nitrogen and oxygen atoms in total. The number of hydrogen-bond acceptors (Lipinski definition) is 5. The maximum absolute atomic E-state index is 11.6. The van der Waals surface area contributed by atoms with Gasteiger partial charge in [0.15, 0.2) is 0 Å². The van der Waals surface area contributed by atoms with Gasteiger partial charge in [-0.3, -0.25) is 0 Å². The molecule has 0 aromatic carbocycles. The molecule has 1 aliphatic heterocycles. The largest absolute Gasteiger partial charge is 0.463 e. The molecule has 1 rings (SSSR count).